The number of benzene rings is 1. The number of hydrogen-bond acceptors (Lipinski definition) is 3. The van der Waals surface area contributed by atoms with E-state index in [0.29, 0.717) is 6.54 Å². The summed E-state index contributed by atoms with van der Waals surface area (Å²) in [5, 5.41) is 3.40. The zero-order valence-corrected chi connectivity index (χ0v) is 11.6. The Bertz CT molecular complexity index is 521. The summed E-state index contributed by atoms with van der Waals surface area (Å²) >= 11 is 0. The lowest BCUT2D eigenvalue weighted by molar-refractivity contribution is -0.131. The lowest BCUT2D eigenvalue weighted by atomic mass is 9.94. The predicted molar refractivity (Wildman–Crippen MR) is 72.9 cm³/mol. The van der Waals surface area contributed by atoms with Crippen molar-refractivity contribution in [2.24, 2.45) is 5.92 Å². The van der Waals surface area contributed by atoms with Crippen LogP contribution in [0.2, 0.25) is 0 Å². The third-order valence-corrected chi connectivity index (χ3v) is 4.22. The largest absolute Gasteiger partial charge is 0.494 e. The van der Waals surface area contributed by atoms with Crippen molar-refractivity contribution in [1.82, 2.24) is 10.2 Å². The van der Waals surface area contributed by atoms with Crippen molar-refractivity contribution in [3.63, 3.8) is 0 Å². The van der Waals surface area contributed by atoms with Gasteiger partial charge in [-0.1, -0.05) is 6.07 Å². The van der Waals surface area contributed by atoms with Gasteiger partial charge in [0.15, 0.2) is 11.6 Å². The summed E-state index contributed by atoms with van der Waals surface area (Å²) in [6.07, 6.45) is 2.02. The van der Waals surface area contributed by atoms with E-state index in [1.54, 1.807) is 6.07 Å². The minimum Gasteiger partial charge on any atom is -0.494 e. The van der Waals surface area contributed by atoms with Gasteiger partial charge in [0.05, 0.1) is 13.0 Å². The molecule has 0 bridgehead atoms. The molecule has 108 valence electrons. The molecule has 2 atom stereocenters. The summed E-state index contributed by atoms with van der Waals surface area (Å²) in [5.74, 6) is 0.147. The van der Waals surface area contributed by atoms with Crippen LogP contribution in [0.4, 0.5) is 4.39 Å². The average Bonchev–Trinajstić information content (AvgIpc) is 2.76. The first-order chi connectivity index (χ1) is 9.69. The topological polar surface area (TPSA) is 41.6 Å². The van der Waals surface area contributed by atoms with E-state index in [-0.39, 0.29) is 29.4 Å². The minimum absolute atomic E-state index is 0.104. The SMILES string of the molecule is COc1ccc(CN2CC3NCCCC3C2=O)cc1F. The second-order valence-corrected chi connectivity index (χ2v) is 5.50. The number of nitrogens with zero attached hydrogens (tertiary/aromatic N) is 1. The maximum absolute atomic E-state index is 13.7. The molecule has 1 N–H and O–H groups in total. The molecule has 2 heterocycles. The number of amides is 1. The first-order valence-corrected chi connectivity index (χ1v) is 7.03. The molecular weight excluding hydrogens is 259 g/mol. The lowest BCUT2D eigenvalue weighted by Gasteiger charge is -2.23. The van der Waals surface area contributed by atoms with Crippen molar-refractivity contribution in [1.29, 1.82) is 0 Å². The smallest absolute Gasteiger partial charge is 0.227 e. The van der Waals surface area contributed by atoms with Crippen molar-refractivity contribution in [2.45, 2.75) is 25.4 Å². The van der Waals surface area contributed by atoms with Crippen LogP contribution in [0.25, 0.3) is 0 Å². The molecule has 0 aromatic heterocycles. The summed E-state index contributed by atoms with van der Waals surface area (Å²) in [5.41, 5.74) is 0.801. The Hall–Kier alpha value is -1.62. The minimum atomic E-state index is -0.382. The molecule has 3 rings (SSSR count). The highest BCUT2D eigenvalue weighted by molar-refractivity contribution is 5.82. The third kappa shape index (κ3) is 2.38. The van der Waals surface area contributed by atoms with Crippen LogP contribution in [0.15, 0.2) is 18.2 Å². The van der Waals surface area contributed by atoms with Gasteiger partial charge in [-0.05, 0) is 37.1 Å². The molecule has 2 fully saturated rings. The molecule has 2 aliphatic rings. The van der Waals surface area contributed by atoms with Crippen LogP contribution >= 0.6 is 0 Å². The molecule has 0 saturated carbocycles. The van der Waals surface area contributed by atoms with E-state index in [9.17, 15) is 9.18 Å². The molecule has 0 radical (unpaired) electrons. The Morgan fingerprint density at radius 2 is 2.35 bits per heavy atom. The van der Waals surface area contributed by atoms with Crippen LogP contribution in [0.1, 0.15) is 18.4 Å². The molecule has 0 aliphatic carbocycles. The lowest BCUT2D eigenvalue weighted by Crippen LogP contribution is -2.41. The Labute approximate surface area is 117 Å². The number of carbonyl (C=O) groups is 1. The second-order valence-electron chi connectivity index (χ2n) is 5.50. The van der Waals surface area contributed by atoms with E-state index in [1.165, 1.54) is 13.2 Å². The Kier molecular flexibility index (Phi) is 3.61. The Morgan fingerprint density at radius 3 is 3.05 bits per heavy atom. The highest BCUT2D eigenvalue weighted by Crippen LogP contribution is 2.28. The fraction of sp³-hybridized carbons (Fsp3) is 0.533. The molecule has 0 spiro atoms. The molecule has 2 unspecified atom stereocenters. The fourth-order valence-corrected chi connectivity index (χ4v) is 3.17. The monoisotopic (exact) mass is 278 g/mol. The van der Waals surface area contributed by atoms with Crippen molar-refractivity contribution in [3.05, 3.63) is 29.6 Å². The molecular formula is C15H19FN2O2. The van der Waals surface area contributed by atoms with Crippen LogP contribution in [0, 0.1) is 11.7 Å². The first kappa shape index (κ1) is 13.4. The molecule has 1 aromatic rings. The number of hydrogen-bond donors (Lipinski definition) is 1. The predicted octanol–water partition coefficient (Wildman–Crippen LogP) is 1.54. The molecule has 4 nitrogen and oxygen atoms in total. The number of likely N-dealkylation sites (tertiary alicyclic amines) is 1. The van der Waals surface area contributed by atoms with Gasteiger partial charge in [-0.2, -0.15) is 0 Å². The number of ether oxygens (including phenoxy) is 1. The van der Waals surface area contributed by atoms with Crippen molar-refractivity contribution >= 4 is 5.91 Å². The van der Waals surface area contributed by atoms with Crippen molar-refractivity contribution in [3.8, 4) is 5.75 Å². The van der Waals surface area contributed by atoms with E-state index < -0.39 is 0 Å². The zero-order valence-electron chi connectivity index (χ0n) is 11.6. The summed E-state index contributed by atoms with van der Waals surface area (Å²) in [7, 11) is 1.44. The van der Waals surface area contributed by atoms with Gasteiger partial charge < -0.3 is 15.0 Å². The molecule has 1 amide bonds. The Morgan fingerprint density at radius 1 is 1.50 bits per heavy atom. The van der Waals surface area contributed by atoms with Gasteiger partial charge in [-0.25, -0.2) is 4.39 Å². The average molecular weight is 278 g/mol. The quantitative estimate of drug-likeness (QED) is 0.912. The first-order valence-electron chi connectivity index (χ1n) is 7.03. The van der Waals surface area contributed by atoms with Crippen LogP contribution in [-0.4, -0.2) is 37.0 Å². The molecule has 5 heteroatoms. The molecule has 20 heavy (non-hydrogen) atoms. The van der Waals surface area contributed by atoms with Crippen LogP contribution < -0.4 is 10.1 Å². The number of carbonyl (C=O) groups excluding carboxylic acids is 1. The fourth-order valence-electron chi connectivity index (χ4n) is 3.17. The molecule has 2 saturated heterocycles. The number of rotatable bonds is 3. The normalized spacial score (nSPS) is 25.7. The Balaban J connectivity index is 1.72. The van der Waals surface area contributed by atoms with Crippen LogP contribution in [0.5, 0.6) is 5.75 Å². The summed E-state index contributed by atoms with van der Waals surface area (Å²) < 4.78 is 18.6. The highest BCUT2D eigenvalue weighted by Gasteiger charge is 2.41. The summed E-state index contributed by atoms with van der Waals surface area (Å²) in [4.78, 5) is 14.1. The van der Waals surface area contributed by atoms with Gasteiger partial charge in [0, 0.05) is 19.1 Å². The number of methoxy groups -OCH3 is 1. The molecule has 2 aliphatic heterocycles. The van der Waals surface area contributed by atoms with Gasteiger partial charge in [-0.15, -0.1) is 0 Å². The molecule has 1 aromatic carbocycles. The van der Waals surface area contributed by atoms with E-state index in [2.05, 4.69) is 5.32 Å². The van der Waals surface area contributed by atoms with Crippen LogP contribution in [-0.2, 0) is 11.3 Å². The van der Waals surface area contributed by atoms with E-state index in [1.807, 2.05) is 11.0 Å². The van der Waals surface area contributed by atoms with Crippen molar-refractivity contribution < 1.29 is 13.9 Å². The maximum Gasteiger partial charge on any atom is 0.227 e. The number of fused-ring (bicyclic) bond motifs is 1. The second kappa shape index (κ2) is 5.40. The number of halogens is 1. The van der Waals surface area contributed by atoms with E-state index >= 15 is 0 Å². The van der Waals surface area contributed by atoms with Gasteiger partial charge in [-0.3, -0.25) is 4.79 Å². The number of nitrogens with one attached hydrogen (secondary N) is 1. The summed E-state index contributed by atoms with van der Waals surface area (Å²) in [6, 6.07) is 5.13. The standard InChI is InChI=1S/C15H19FN2O2/c1-20-14-5-4-10(7-12(14)16)8-18-9-13-11(15(18)19)3-2-6-17-13/h4-5,7,11,13,17H,2-3,6,8-9H2,1H3. The van der Waals surface area contributed by atoms with Crippen molar-refractivity contribution in [2.75, 3.05) is 20.2 Å². The van der Waals surface area contributed by atoms with Crippen LogP contribution in [0.3, 0.4) is 0 Å². The van der Waals surface area contributed by atoms with E-state index in [4.69, 9.17) is 4.74 Å². The van der Waals surface area contributed by atoms with E-state index in [0.717, 1.165) is 31.5 Å². The van der Waals surface area contributed by atoms with Gasteiger partial charge in [0.2, 0.25) is 5.91 Å². The number of piperidine rings is 1. The third-order valence-electron chi connectivity index (χ3n) is 4.22. The highest BCUT2D eigenvalue weighted by atomic mass is 19.1. The van der Waals surface area contributed by atoms with Gasteiger partial charge >= 0.3 is 0 Å². The maximum atomic E-state index is 13.7. The van der Waals surface area contributed by atoms with Gasteiger partial charge in [0.25, 0.3) is 0 Å². The van der Waals surface area contributed by atoms with Gasteiger partial charge in [0.1, 0.15) is 0 Å². The zero-order chi connectivity index (χ0) is 14.1. The summed E-state index contributed by atoms with van der Waals surface area (Å²) in [6.45, 7) is 2.17.